The number of thiazole rings is 1. The topological polar surface area (TPSA) is 37.5 Å². The minimum absolute atomic E-state index is 0.327. The number of halogens is 1. The summed E-state index contributed by atoms with van der Waals surface area (Å²) >= 11 is 1.68. The van der Waals surface area contributed by atoms with Crippen molar-refractivity contribution in [3.63, 3.8) is 0 Å². The van der Waals surface area contributed by atoms with Crippen molar-refractivity contribution in [1.82, 2.24) is 9.38 Å². The second-order valence-corrected chi connectivity index (χ2v) is 6.25. The minimum Gasteiger partial charge on any atom is -0.382 e. The zero-order chi connectivity index (χ0) is 13.7. The summed E-state index contributed by atoms with van der Waals surface area (Å²) in [5.41, 5.74) is 1.43. The van der Waals surface area contributed by atoms with Crippen LogP contribution in [0.3, 0.4) is 0 Å². The molecule has 1 fully saturated rings. The summed E-state index contributed by atoms with van der Waals surface area (Å²) in [6.45, 7) is 0. The average Bonchev–Trinajstić information content (AvgIpc) is 3.07. The number of hydrogen-bond acceptors (Lipinski definition) is 3. The lowest BCUT2D eigenvalue weighted by atomic mass is 10.0. The van der Waals surface area contributed by atoms with E-state index in [1.807, 2.05) is 4.40 Å². The highest BCUT2D eigenvalue weighted by atomic mass is 32.1. The summed E-state index contributed by atoms with van der Waals surface area (Å²) in [4.78, 5) is 6.36. The van der Waals surface area contributed by atoms with E-state index >= 15 is 0 Å². The van der Waals surface area contributed by atoms with E-state index < -0.39 is 6.10 Å². The SMILES string of the molecule is OC(c1cccc(F)c1)c1c(C2CC2)sc2cncn12. The van der Waals surface area contributed by atoms with Gasteiger partial charge in [0.2, 0.25) is 0 Å². The Hall–Kier alpha value is -1.72. The monoisotopic (exact) mass is 288 g/mol. The number of aliphatic hydroxyl groups excluding tert-OH is 1. The standard InChI is InChI=1S/C15H13FN2OS/c16-11-3-1-2-10(6-11)14(19)13-15(9-4-5-9)20-12-7-17-8-18(12)13/h1-3,6-9,14,19H,4-5H2. The molecule has 0 spiro atoms. The number of rotatable bonds is 3. The van der Waals surface area contributed by atoms with Gasteiger partial charge in [-0.15, -0.1) is 11.3 Å². The van der Waals surface area contributed by atoms with Crippen molar-refractivity contribution in [2.75, 3.05) is 0 Å². The fourth-order valence-electron chi connectivity index (χ4n) is 2.56. The molecule has 102 valence electrons. The largest absolute Gasteiger partial charge is 0.382 e. The third kappa shape index (κ3) is 1.85. The van der Waals surface area contributed by atoms with Crippen molar-refractivity contribution >= 4 is 16.2 Å². The number of fused-ring (bicyclic) bond motifs is 1. The van der Waals surface area contributed by atoms with Crippen LogP contribution in [0.5, 0.6) is 0 Å². The van der Waals surface area contributed by atoms with E-state index in [-0.39, 0.29) is 5.82 Å². The van der Waals surface area contributed by atoms with Gasteiger partial charge in [-0.3, -0.25) is 4.40 Å². The van der Waals surface area contributed by atoms with Crippen LogP contribution in [0.1, 0.15) is 41.0 Å². The summed E-state index contributed by atoms with van der Waals surface area (Å²) in [5.74, 6) is 0.213. The van der Waals surface area contributed by atoms with Gasteiger partial charge in [0.15, 0.2) is 0 Å². The first-order valence-electron chi connectivity index (χ1n) is 6.62. The molecule has 3 aromatic rings. The van der Waals surface area contributed by atoms with E-state index in [0.717, 1.165) is 10.5 Å². The Morgan fingerprint density at radius 2 is 2.25 bits per heavy atom. The smallest absolute Gasteiger partial charge is 0.123 e. The van der Waals surface area contributed by atoms with Crippen molar-refractivity contribution in [1.29, 1.82) is 0 Å². The van der Waals surface area contributed by atoms with Gasteiger partial charge in [0, 0.05) is 4.88 Å². The highest BCUT2D eigenvalue weighted by molar-refractivity contribution is 7.17. The number of nitrogens with zero attached hydrogens (tertiary/aromatic N) is 2. The number of hydrogen-bond donors (Lipinski definition) is 1. The third-order valence-corrected chi connectivity index (χ3v) is 4.98. The highest BCUT2D eigenvalue weighted by Crippen LogP contribution is 2.47. The predicted molar refractivity (Wildman–Crippen MR) is 75.5 cm³/mol. The Morgan fingerprint density at radius 1 is 1.40 bits per heavy atom. The molecule has 1 N–H and O–H groups in total. The first kappa shape index (κ1) is 12.1. The molecule has 1 saturated carbocycles. The Labute approximate surface area is 119 Å². The number of aliphatic hydroxyl groups is 1. The zero-order valence-electron chi connectivity index (χ0n) is 10.7. The molecule has 1 aliphatic rings. The molecule has 2 aromatic heterocycles. The van der Waals surface area contributed by atoms with Gasteiger partial charge in [-0.25, -0.2) is 9.37 Å². The molecule has 1 aliphatic carbocycles. The van der Waals surface area contributed by atoms with Crippen LogP contribution in [0.15, 0.2) is 36.8 Å². The third-order valence-electron chi connectivity index (χ3n) is 3.70. The Morgan fingerprint density at radius 3 is 3.00 bits per heavy atom. The van der Waals surface area contributed by atoms with Crippen LogP contribution in [0.25, 0.3) is 4.83 Å². The van der Waals surface area contributed by atoms with Crippen LogP contribution < -0.4 is 0 Å². The maximum absolute atomic E-state index is 13.4. The van der Waals surface area contributed by atoms with Gasteiger partial charge in [0.05, 0.1) is 11.9 Å². The lowest BCUT2D eigenvalue weighted by Gasteiger charge is -2.13. The van der Waals surface area contributed by atoms with E-state index in [1.165, 1.54) is 29.9 Å². The molecule has 20 heavy (non-hydrogen) atoms. The van der Waals surface area contributed by atoms with Crippen LogP contribution in [0.4, 0.5) is 4.39 Å². The van der Waals surface area contributed by atoms with Crippen LogP contribution in [0, 0.1) is 5.82 Å². The minimum atomic E-state index is -0.816. The lowest BCUT2D eigenvalue weighted by molar-refractivity contribution is 0.213. The molecule has 0 bridgehead atoms. The van der Waals surface area contributed by atoms with Crippen LogP contribution in [0.2, 0.25) is 0 Å². The summed E-state index contributed by atoms with van der Waals surface area (Å²) in [5, 5.41) is 10.7. The fourth-order valence-corrected chi connectivity index (χ4v) is 3.86. The average molecular weight is 288 g/mol. The summed E-state index contributed by atoms with van der Waals surface area (Å²) in [7, 11) is 0. The Kier molecular flexibility index (Phi) is 2.65. The van der Waals surface area contributed by atoms with Gasteiger partial charge in [-0.1, -0.05) is 12.1 Å². The molecule has 1 atom stereocenters. The van der Waals surface area contributed by atoms with Gasteiger partial charge in [0.1, 0.15) is 23.1 Å². The van der Waals surface area contributed by atoms with E-state index in [9.17, 15) is 9.50 Å². The molecule has 0 radical (unpaired) electrons. The Bertz CT molecular complexity index is 775. The van der Waals surface area contributed by atoms with Gasteiger partial charge >= 0.3 is 0 Å². The predicted octanol–water partition coefficient (Wildman–Crippen LogP) is 3.49. The van der Waals surface area contributed by atoms with Crippen molar-refractivity contribution in [2.24, 2.45) is 0 Å². The van der Waals surface area contributed by atoms with Crippen molar-refractivity contribution < 1.29 is 9.50 Å². The van der Waals surface area contributed by atoms with Crippen LogP contribution in [-0.2, 0) is 0 Å². The first-order valence-corrected chi connectivity index (χ1v) is 7.44. The van der Waals surface area contributed by atoms with E-state index in [4.69, 9.17) is 0 Å². The van der Waals surface area contributed by atoms with Crippen molar-refractivity contribution in [3.8, 4) is 0 Å². The molecular formula is C15H13FN2OS. The second kappa shape index (κ2) is 4.40. The number of benzene rings is 1. The quantitative estimate of drug-likeness (QED) is 0.801. The van der Waals surface area contributed by atoms with Gasteiger partial charge in [0.25, 0.3) is 0 Å². The van der Waals surface area contributed by atoms with Crippen molar-refractivity contribution in [2.45, 2.75) is 24.9 Å². The molecule has 0 saturated heterocycles. The normalized spacial score (nSPS) is 16.7. The highest BCUT2D eigenvalue weighted by Gasteiger charge is 2.32. The van der Waals surface area contributed by atoms with Gasteiger partial charge in [-0.2, -0.15) is 0 Å². The lowest BCUT2D eigenvalue weighted by Crippen LogP contribution is -2.05. The molecule has 2 heterocycles. The number of aromatic nitrogens is 2. The zero-order valence-corrected chi connectivity index (χ0v) is 11.5. The van der Waals surface area contributed by atoms with Crippen LogP contribution in [-0.4, -0.2) is 14.5 Å². The summed E-state index contributed by atoms with van der Waals surface area (Å²) in [6, 6.07) is 6.16. The molecule has 0 aliphatic heterocycles. The van der Waals surface area contributed by atoms with Gasteiger partial charge in [-0.05, 0) is 36.5 Å². The van der Waals surface area contributed by atoms with Crippen molar-refractivity contribution in [3.05, 3.63) is 58.7 Å². The molecule has 5 heteroatoms. The molecule has 0 amide bonds. The molecule has 4 rings (SSSR count). The van der Waals surface area contributed by atoms with E-state index in [1.54, 1.807) is 36.0 Å². The fraction of sp³-hybridized carbons (Fsp3) is 0.267. The molecule has 3 nitrogen and oxygen atoms in total. The summed E-state index contributed by atoms with van der Waals surface area (Å²) in [6.07, 6.45) is 5.04. The van der Waals surface area contributed by atoms with Crippen LogP contribution >= 0.6 is 11.3 Å². The Balaban J connectivity index is 1.87. The molecule has 1 aromatic carbocycles. The maximum Gasteiger partial charge on any atom is 0.123 e. The second-order valence-electron chi connectivity index (χ2n) is 5.19. The maximum atomic E-state index is 13.4. The van der Waals surface area contributed by atoms with E-state index in [2.05, 4.69) is 4.98 Å². The molecule has 1 unspecified atom stereocenters. The molecular weight excluding hydrogens is 275 g/mol. The first-order chi connectivity index (χ1) is 9.74. The van der Waals surface area contributed by atoms with E-state index in [0.29, 0.717) is 11.5 Å². The van der Waals surface area contributed by atoms with Gasteiger partial charge < -0.3 is 5.11 Å². The number of imidazole rings is 1. The summed E-state index contributed by atoms with van der Waals surface area (Å²) < 4.78 is 15.3.